The Kier molecular flexibility index (Phi) is 5.61. The summed E-state index contributed by atoms with van der Waals surface area (Å²) in [6.07, 6.45) is 7.81. The van der Waals surface area contributed by atoms with Crippen molar-refractivity contribution in [2.24, 2.45) is 0 Å². The maximum Gasteiger partial charge on any atom is 0.0492 e. The van der Waals surface area contributed by atoms with Gasteiger partial charge < -0.3 is 9.88 Å². The van der Waals surface area contributed by atoms with E-state index in [1.54, 1.807) is 0 Å². The fraction of sp³-hybridized carbons (Fsp3) is 0.267. The van der Waals surface area contributed by atoms with Gasteiger partial charge in [0, 0.05) is 35.9 Å². The molecule has 0 saturated carbocycles. The minimum atomic E-state index is 0.501. The Morgan fingerprint density at radius 2 is 1.62 bits per heavy atom. The van der Waals surface area contributed by atoms with Gasteiger partial charge in [-0.15, -0.1) is 0 Å². The number of rotatable bonds is 2. The van der Waals surface area contributed by atoms with Gasteiger partial charge in [-0.05, 0) is 76.8 Å². The number of benzene rings is 3. The van der Waals surface area contributed by atoms with Crippen LogP contribution in [0.2, 0.25) is 0 Å². The molecule has 5 rings (SSSR count). The normalized spacial score (nSPS) is 14.0. The number of aryl methyl sites for hydroxylation is 1. The standard InChI is InChI=1S/C30H32N2/c1-4-22-20-32-16-7-5-6-15-31-29-18-25(11-13-27(29)21(2)3)23-9-8-10-24(17-23)26-12-14-28(22)30(32)19-26/h4,8-14,17-21,31H,1,5-7,15-16H2,2-3H3. The van der Waals surface area contributed by atoms with Gasteiger partial charge in [0.25, 0.3) is 0 Å². The molecule has 0 saturated heterocycles. The van der Waals surface area contributed by atoms with Crippen LogP contribution in [0.4, 0.5) is 5.69 Å². The lowest BCUT2D eigenvalue weighted by Gasteiger charge is -2.17. The molecule has 1 aliphatic rings. The highest BCUT2D eigenvalue weighted by molar-refractivity contribution is 5.92. The summed E-state index contributed by atoms with van der Waals surface area (Å²) in [5.41, 5.74) is 10.2. The van der Waals surface area contributed by atoms with Crippen molar-refractivity contribution >= 4 is 22.7 Å². The third-order valence-corrected chi connectivity index (χ3v) is 6.73. The summed E-state index contributed by atoms with van der Waals surface area (Å²) in [6.45, 7) is 10.6. The molecule has 0 atom stereocenters. The lowest BCUT2D eigenvalue weighted by molar-refractivity contribution is 0.608. The molecule has 0 spiro atoms. The predicted molar refractivity (Wildman–Crippen MR) is 139 cm³/mol. The van der Waals surface area contributed by atoms with Gasteiger partial charge in [-0.1, -0.05) is 69.0 Å². The van der Waals surface area contributed by atoms with Crippen LogP contribution in [0.1, 0.15) is 50.2 Å². The molecule has 2 heterocycles. The molecule has 4 aromatic rings. The van der Waals surface area contributed by atoms with Crippen molar-refractivity contribution in [2.75, 3.05) is 11.9 Å². The highest BCUT2D eigenvalue weighted by Crippen LogP contribution is 2.34. The highest BCUT2D eigenvalue weighted by Gasteiger charge is 2.12. The molecule has 2 heteroatoms. The summed E-state index contributed by atoms with van der Waals surface area (Å²) < 4.78 is 2.42. The minimum Gasteiger partial charge on any atom is -0.385 e. The van der Waals surface area contributed by atoms with E-state index in [1.165, 1.54) is 69.2 Å². The van der Waals surface area contributed by atoms with E-state index in [1.807, 2.05) is 6.08 Å². The molecule has 0 amide bonds. The molecule has 0 radical (unpaired) electrons. The minimum absolute atomic E-state index is 0.501. The van der Waals surface area contributed by atoms with Crippen molar-refractivity contribution in [1.82, 2.24) is 4.57 Å². The third-order valence-electron chi connectivity index (χ3n) is 6.73. The van der Waals surface area contributed by atoms with Gasteiger partial charge in [-0.25, -0.2) is 0 Å². The van der Waals surface area contributed by atoms with E-state index in [0.717, 1.165) is 13.1 Å². The van der Waals surface area contributed by atoms with Gasteiger partial charge in [0.2, 0.25) is 0 Å². The van der Waals surface area contributed by atoms with Gasteiger partial charge in [0.05, 0.1) is 0 Å². The summed E-state index contributed by atoms with van der Waals surface area (Å²) in [7, 11) is 0. The second kappa shape index (κ2) is 8.70. The number of fused-ring (bicyclic) bond motifs is 7. The lowest BCUT2D eigenvalue weighted by atomic mass is 9.94. The Morgan fingerprint density at radius 3 is 2.41 bits per heavy atom. The first-order valence-corrected chi connectivity index (χ1v) is 11.9. The van der Waals surface area contributed by atoms with Crippen LogP contribution in [-0.2, 0) is 6.54 Å². The van der Waals surface area contributed by atoms with Crippen LogP contribution >= 0.6 is 0 Å². The van der Waals surface area contributed by atoms with Crippen molar-refractivity contribution < 1.29 is 0 Å². The molecule has 1 aliphatic heterocycles. The highest BCUT2D eigenvalue weighted by atomic mass is 15.0. The number of hydrogen-bond donors (Lipinski definition) is 1. The topological polar surface area (TPSA) is 17.0 Å². The molecule has 0 unspecified atom stereocenters. The monoisotopic (exact) mass is 420 g/mol. The summed E-state index contributed by atoms with van der Waals surface area (Å²) in [5.74, 6) is 0.501. The molecular weight excluding hydrogens is 388 g/mol. The fourth-order valence-electron chi connectivity index (χ4n) is 4.93. The van der Waals surface area contributed by atoms with Crippen LogP contribution in [0.5, 0.6) is 0 Å². The largest absolute Gasteiger partial charge is 0.385 e. The van der Waals surface area contributed by atoms with Crippen LogP contribution in [0, 0.1) is 0 Å². The van der Waals surface area contributed by atoms with Crippen molar-refractivity contribution in [1.29, 1.82) is 0 Å². The van der Waals surface area contributed by atoms with E-state index in [-0.39, 0.29) is 0 Å². The third kappa shape index (κ3) is 3.86. The summed E-state index contributed by atoms with van der Waals surface area (Å²) >= 11 is 0. The average Bonchev–Trinajstić information content (AvgIpc) is 3.17. The number of nitrogens with one attached hydrogen (secondary N) is 1. The predicted octanol–water partition coefficient (Wildman–Crippen LogP) is 8.34. The summed E-state index contributed by atoms with van der Waals surface area (Å²) in [5, 5.41) is 5.03. The van der Waals surface area contributed by atoms with E-state index in [4.69, 9.17) is 0 Å². The second-order valence-electron chi connectivity index (χ2n) is 9.24. The van der Waals surface area contributed by atoms with Crippen LogP contribution in [0.15, 0.2) is 73.4 Å². The molecular formula is C30H32N2. The van der Waals surface area contributed by atoms with E-state index in [2.05, 4.69) is 97.2 Å². The summed E-state index contributed by atoms with van der Waals surface area (Å²) in [6, 6.07) is 22.7. The molecule has 1 aromatic heterocycles. The Morgan fingerprint density at radius 1 is 0.875 bits per heavy atom. The van der Waals surface area contributed by atoms with Gasteiger partial charge in [0.1, 0.15) is 0 Å². The van der Waals surface area contributed by atoms with Crippen molar-refractivity contribution in [3.63, 3.8) is 0 Å². The zero-order valence-electron chi connectivity index (χ0n) is 19.2. The molecule has 1 N–H and O–H groups in total. The summed E-state index contributed by atoms with van der Waals surface area (Å²) in [4.78, 5) is 0. The van der Waals surface area contributed by atoms with Gasteiger partial charge in [0.15, 0.2) is 0 Å². The van der Waals surface area contributed by atoms with Gasteiger partial charge in [-0.2, -0.15) is 0 Å². The molecule has 32 heavy (non-hydrogen) atoms. The molecule has 0 aliphatic carbocycles. The van der Waals surface area contributed by atoms with Crippen molar-refractivity contribution in [3.8, 4) is 22.3 Å². The molecule has 0 fully saturated rings. The van der Waals surface area contributed by atoms with Gasteiger partial charge in [-0.3, -0.25) is 0 Å². The first-order valence-electron chi connectivity index (χ1n) is 11.9. The first-order chi connectivity index (χ1) is 15.6. The van der Waals surface area contributed by atoms with E-state index in [0.29, 0.717) is 5.92 Å². The second-order valence-corrected chi connectivity index (χ2v) is 9.24. The Labute approximate surface area is 191 Å². The van der Waals surface area contributed by atoms with E-state index >= 15 is 0 Å². The van der Waals surface area contributed by atoms with Crippen LogP contribution in [0.3, 0.4) is 0 Å². The van der Waals surface area contributed by atoms with Gasteiger partial charge >= 0.3 is 0 Å². The van der Waals surface area contributed by atoms with Crippen LogP contribution in [-0.4, -0.2) is 11.1 Å². The smallest absolute Gasteiger partial charge is 0.0492 e. The number of aromatic nitrogens is 1. The number of nitrogens with zero attached hydrogens (tertiary/aromatic N) is 1. The quantitative estimate of drug-likeness (QED) is 0.345. The van der Waals surface area contributed by atoms with Crippen LogP contribution < -0.4 is 5.32 Å². The Hall–Kier alpha value is -3.26. The Balaban J connectivity index is 1.65. The maximum atomic E-state index is 4.04. The molecule has 2 nitrogen and oxygen atoms in total. The van der Waals surface area contributed by atoms with Crippen molar-refractivity contribution in [3.05, 3.63) is 84.6 Å². The van der Waals surface area contributed by atoms with E-state index < -0.39 is 0 Å². The average molecular weight is 421 g/mol. The number of hydrogen-bond acceptors (Lipinski definition) is 1. The van der Waals surface area contributed by atoms with Crippen LogP contribution in [0.25, 0.3) is 39.2 Å². The van der Waals surface area contributed by atoms with E-state index in [9.17, 15) is 0 Å². The molecule has 162 valence electrons. The molecule has 3 aromatic carbocycles. The zero-order chi connectivity index (χ0) is 22.1. The lowest BCUT2D eigenvalue weighted by Crippen LogP contribution is -2.06. The zero-order valence-corrected chi connectivity index (χ0v) is 19.2. The van der Waals surface area contributed by atoms with Crippen molar-refractivity contribution in [2.45, 2.75) is 45.6 Å². The maximum absolute atomic E-state index is 4.04. The fourth-order valence-corrected chi connectivity index (χ4v) is 4.93. The SMILES string of the molecule is C=Cc1cn2c3cc(ccc13)-c1cccc(c1)-c1ccc(C(C)C)c(c1)NCCCCC2. The Bertz CT molecular complexity index is 1280. The molecule has 6 bridgehead atoms. The number of anilines is 1. The first kappa shape index (κ1) is 20.6.